The van der Waals surface area contributed by atoms with Crippen molar-refractivity contribution in [3.8, 4) is 5.69 Å². The van der Waals surface area contributed by atoms with Gasteiger partial charge >= 0.3 is 0 Å². The number of benzene rings is 1. The summed E-state index contributed by atoms with van der Waals surface area (Å²) >= 11 is 12.3. The van der Waals surface area contributed by atoms with Gasteiger partial charge in [-0.1, -0.05) is 23.7 Å². The van der Waals surface area contributed by atoms with Crippen LogP contribution in [0.4, 0.5) is 0 Å². The summed E-state index contributed by atoms with van der Waals surface area (Å²) in [5.74, 6) is 0. The molecular weight excluding hydrogens is 452 g/mol. The van der Waals surface area contributed by atoms with Crippen LogP contribution in [0.25, 0.3) is 5.69 Å². The normalized spacial score (nSPS) is 22.7. The minimum Gasteiger partial charge on any atom is -0.376 e. The van der Waals surface area contributed by atoms with Gasteiger partial charge in [0.25, 0.3) is 0 Å². The van der Waals surface area contributed by atoms with Gasteiger partial charge in [0.15, 0.2) is 5.11 Å². The van der Waals surface area contributed by atoms with Crippen molar-refractivity contribution in [2.75, 3.05) is 13.2 Å². The summed E-state index contributed by atoms with van der Waals surface area (Å²) in [6.07, 6.45) is 4.22. The molecule has 0 spiro atoms. The lowest BCUT2D eigenvalue weighted by molar-refractivity contribution is 0.0842. The quantitative estimate of drug-likeness (QED) is 0.481. The summed E-state index contributed by atoms with van der Waals surface area (Å²) in [6, 6.07) is 14.4. The molecule has 0 aliphatic carbocycles. The molecule has 2 aromatic heterocycles. The number of ether oxygens (including phenoxy) is 1. The van der Waals surface area contributed by atoms with E-state index in [1.807, 2.05) is 30.5 Å². The van der Waals surface area contributed by atoms with Crippen LogP contribution in [0.1, 0.15) is 53.1 Å². The minimum absolute atomic E-state index is 0.0241. The number of hydrogen-bond acceptors (Lipinski definition) is 3. The van der Waals surface area contributed by atoms with Crippen molar-refractivity contribution in [1.29, 1.82) is 0 Å². The van der Waals surface area contributed by atoms with Crippen LogP contribution in [-0.2, 0) is 4.74 Å². The highest BCUT2D eigenvalue weighted by molar-refractivity contribution is 7.80. The van der Waals surface area contributed by atoms with Gasteiger partial charge in [-0.3, -0.25) is 4.98 Å². The van der Waals surface area contributed by atoms with Crippen LogP contribution in [0, 0.1) is 20.8 Å². The third-order valence-corrected chi connectivity index (χ3v) is 7.65. The zero-order valence-electron chi connectivity index (χ0n) is 19.2. The molecular formula is C26H29ClN4OS. The van der Waals surface area contributed by atoms with E-state index in [0.717, 1.165) is 53.1 Å². The number of nitrogens with one attached hydrogen (secondary N) is 1. The smallest absolute Gasteiger partial charge is 0.170 e. The van der Waals surface area contributed by atoms with Crippen LogP contribution in [-0.4, -0.2) is 38.8 Å². The van der Waals surface area contributed by atoms with Gasteiger partial charge in [0.1, 0.15) is 0 Å². The molecule has 0 amide bonds. The first-order valence-corrected chi connectivity index (χ1v) is 12.3. The Morgan fingerprint density at radius 3 is 2.76 bits per heavy atom. The lowest BCUT2D eigenvalue weighted by Gasteiger charge is -2.30. The van der Waals surface area contributed by atoms with E-state index in [2.05, 4.69) is 58.7 Å². The fourth-order valence-corrected chi connectivity index (χ4v) is 5.73. The number of aryl methyl sites for hydroxylation is 1. The van der Waals surface area contributed by atoms with Gasteiger partial charge in [0, 0.05) is 41.4 Å². The Kier molecular flexibility index (Phi) is 6.16. The Bertz CT molecular complexity index is 1170. The Morgan fingerprint density at radius 1 is 1.18 bits per heavy atom. The summed E-state index contributed by atoms with van der Waals surface area (Å²) in [4.78, 5) is 6.98. The van der Waals surface area contributed by atoms with E-state index in [1.54, 1.807) is 0 Å². The molecule has 2 aliphatic rings. The largest absolute Gasteiger partial charge is 0.376 e. The minimum atomic E-state index is -0.0329. The molecule has 2 aliphatic heterocycles. The molecule has 3 atom stereocenters. The molecule has 7 heteroatoms. The maximum absolute atomic E-state index is 6.47. The summed E-state index contributed by atoms with van der Waals surface area (Å²) in [5.41, 5.74) is 6.77. The molecule has 1 aromatic carbocycles. The zero-order valence-corrected chi connectivity index (χ0v) is 20.8. The van der Waals surface area contributed by atoms with Gasteiger partial charge in [0.05, 0.1) is 23.9 Å². The first-order valence-electron chi connectivity index (χ1n) is 11.5. The summed E-state index contributed by atoms with van der Waals surface area (Å²) in [6.45, 7) is 8.01. The van der Waals surface area contributed by atoms with Gasteiger partial charge in [-0.05, 0) is 87.3 Å². The van der Waals surface area contributed by atoms with Gasteiger partial charge in [-0.25, -0.2) is 0 Å². The van der Waals surface area contributed by atoms with Gasteiger partial charge < -0.3 is 19.5 Å². The fourth-order valence-electron chi connectivity index (χ4n) is 5.24. The van der Waals surface area contributed by atoms with Crippen molar-refractivity contribution in [2.24, 2.45) is 0 Å². The molecule has 0 unspecified atom stereocenters. The number of aromatic nitrogens is 2. The van der Waals surface area contributed by atoms with Crippen molar-refractivity contribution in [1.82, 2.24) is 19.8 Å². The van der Waals surface area contributed by atoms with Crippen LogP contribution < -0.4 is 5.32 Å². The Labute approximate surface area is 205 Å². The van der Waals surface area contributed by atoms with Crippen LogP contribution in [0.3, 0.4) is 0 Å². The lowest BCUT2D eigenvalue weighted by Crippen LogP contribution is -2.36. The van der Waals surface area contributed by atoms with Gasteiger partial charge in [0.2, 0.25) is 0 Å². The molecule has 2 saturated heterocycles. The van der Waals surface area contributed by atoms with E-state index >= 15 is 0 Å². The summed E-state index contributed by atoms with van der Waals surface area (Å²) < 4.78 is 8.28. The second-order valence-corrected chi connectivity index (χ2v) is 9.75. The SMILES string of the molecule is Cc1c(Cl)cccc1-n1c(C)cc([C@H]2[C@H](c3ccccn3)NC(=S)N2C[C@@H]2CCCO2)c1C. The molecule has 5 nitrogen and oxygen atoms in total. The van der Waals surface area contributed by atoms with Crippen molar-refractivity contribution >= 4 is 28.9 Å². The molecule has 4 heterocycles. The molecule has 2 fully saturated rings. The number of hydrogen-bond donors (Lipinski definition) is 1. The standard InChI is InChI=1S/C26H29ClN4OS/c1-16-14-20(18(3)31(16)23-11-6-9-21(27)17(23)2)25-24(22-10-4-5-12-28-22)29-26(33)30(25)15-19-8-7-13-32-19/h4-6,9-12,14,19,24-25H,7-8,13,15H2,1-3H3,(H,29,33)/t19-,24-,25-/m0/s1. The average molecular weight is 481 g/mol. The van der Waals surface area contributed by atoms with Crippen LogP contribution >= 0.6 is 23.8 Å². The van der Waals surface area contributed by atoms with Crippen molar-refractivity contribution in [2.45, 2.75) is 51.8 Å². The van der Waals surface area contributed by atoms with E-state index in [-0.39, 0.29) is 18.2 Å². The second kappa shape index (κ2) is 9.09. The highest BCUT2D eigenvalue weighted by Crippen LogP contribution is 2.42. The fraction of sp³-hybridized carbons (Fsp3) is 0.385. The van der Waals surface area contributed by atoms with E-state index in [1.165, 1.54) is 17.0 Å². The Balaban J connectivity index is 1.61. The van der Waals surface area contributed by atoms with Crippen molar-refractivity contribution < 1.29 is 4.74 Å². The predicted molar refractivity (Wildman–Crippen MR) is 136 cm³/mol. The molecule has 172 valence electrons. The summed E-state index contributed by atoms with van der Waals surface area (Å²) in [7, 11) is 0. The molecule has 0 saturated carbocycles. The van der Waals surface area contributed by atoms with E-state index in [0.29, 0.717) is 0 Å². The van der Waals surface area contributed by atoms with Crippen LogP contribution in [0.2, 0.25) is 5.02 Å². The Hall–Kier alpha value is -2.41. The number of thiocarbonyl (C=S) groups is 1. The Morgan fingerprint density at radius 2 is 2.03 bits per heavy atom. The number of pyridine rings is 1. The molecule has 0 radical (unpaired) electrons. The second-order valence-electron chi connectivity index (χ2n) is 8.96. The number of nitrogens with zero attached hydrogens (tertiary/aromatic N) is 3. The highest BCUT2D eigenvalue weighted by Gasteiger charge is 2.42. The van der Waals surface area contributed by atoms with Gasteiger partial charge in [-0.15, -0.1) is 0 Å². The highest BCUT2D eigenvalue weighted by atomic mass is 35.5. The third kappa shape index (κ3) is 4.05. The topological polar surface area (TPSA) is 42.3 Å². The van der Waals surface area contributed by atoms with E-state index in [4.69, 9.17) is 28.6 Å². The summed E-state index contributed by atoms with van der Waals surface area (Å²) in [5, 5.41) is 5.10. The number of halogens is 1. The molecule has 1 N–H and O–H groups in total. The van der Waals surface area contributed by atoms with Crippen LogP contribution in [0.5, 0.6) is 0 Å². The average Bonchev–Trinajstić information content (AvgIpc) is 3.51. The molecule has 0 bridgehead atoms. The maximum atomic E-state index is 6.47. The van der Waals surface area contributed by atoms with Crippen molar-refractivity contribution in [3.05, 3.63) is 81.9 Å². The predicted octanol–water partition coefficient (Wildman–Crippen LogP) is 5.60. The lowest BCUT2D eigenvalue weighted by atomic mass is 9.96. The number of rotatable bonds is 5. The monoisotopic (exact) mass is 480 g/mol. The molecule has 33 heavy (non-hydrogen) atoms. The van der Waals surface area contributed by atoms with E-state index in [9.17, 15) is 0 Å². The van der Waals surface area contributed by atoms with Crippen LogP contribution in [0.15, 0.2) is 48.7 Å². The van der Waals surface area contributed by atoms with Gasteiger partial charge in [-0.2, -0.15) is 0 Å². The molecule has 5 rings (SSSR count). The zero-order chi connectivity index (χ0) is 23.1. The first kappa shape index (κ1) is 22.4. The van der Waals surface area contributed by atoms with Crippen molar-refractivity contribution in [3.63, 3.8) is 0 Å². The van der Waals surface area contributed by atoms with E-state index < -0.39 is 0 Å². The third-order valence-electron chi connectivity index (χ3n) is 6.89. The first-order chi connectivity index (χ1) is 16.0. The maximum Gasteiger partial charge on any atom is 0.170 e. The molecule has 3 aromatic rings.